The first-order valence-corrected chi connectivity index (χ1v) is 9.97. The third-order valence-corrected chi connectivity index (χ3v) is 7.07. The molecule has 3 rings (SSSR count). The Bertz CT molecular complexity index is 326. The molecule has 0 aromatic heterocycles. The van der Waals surface area contributed by atoms with Gasteiger partial charge in [-0.2, -0.15) is 0 Å². The van der Waals surface area contributed by atoms with Gasteiger partial charge in [0.15, 0.2) is 0 Å². The van der Waals surface area contributed by atoms with Gasteiger partial charge in [0.2, 0.25) is 0 Å². The molecular formula is C20H36O. The second kappa shape index (κ2) is 7.02. The minimum absolute atomic E-state index is 0.252. The summed E-state index contributed by atoms with van der Waals surface area (Å²) in [7, 11) is 0. The molecule has 21 heavy (non-hydrogen) atoms. The summed E-state index contributed by atoms with van der Waals surface area (Å²) in [4.78, 5) is 0. The summed E-state index contributed by atoms with van der Waals surface area (Å²) in [6.45, 7) is 2.28. The molecule has 3 aliphatic carbocycles. The number of unbranched alkanes of at least 4 members (excludes halogenated alkanes) is 7. The molecule has 0 radical (unpaired) electrons. The highest BCUT2D eigenvalue weighted by Crippen LogP contribution is 2.63. The van der Waals surface area contributed by atoms with Crippen LogP contribution in [0.5, 0.6) is 0 Å². The van der Waals surface area contributed by atoms with Gasteiger partial charge in [-0.25, -0.2) is 0 Å². The van der Waals surface area contributed by atoms with Crippen molar-refractivity contribution in [2.75, 3.05) is 0 Å². The summed E-state index contributed by atoms with van der Waals surface area (Å²) in [6, 6.07) is 0. The summed E-state index contributed by atoms with van der Waals surface area (Å²) in [5, 5.41) is 11.1. The van der Waals surface area contributed by atoms with E-state index in [4.69, 9.17) is 0 Å². The maximum Gasteiger partial charge on any atom is 0.0681 e. The van der Waals surface area contributed by atoms with E-state index in [9.17, 15) is 5.11 Å². The van der Waals surface area contributed by atoms with Gasteiger partial charge in [0.05, 0.1) is 5.60 Å². The summed E-state index contributed by atoms with van der Waals surface area (Å²) in [6.07, 6.45) is 19.0. The van der Waals surface area contributed by atoms with Gasteiger partial charge in [-0.15, -0.1) is 0 Å². The van der Waals surface area contributed by atoms with Gasteiger partial charge in [0.25, 0.3) is 0 Å². The van der Waals surface area contributed by atoms with E-state index in [-0.39, 0.29) is 5.60 Å². The predicted molar refractivity (Wildman–Crippen MR) is 89.2 cm³/mol. The van der Waals surface area contributed by atoms with Crippen molar-refractivity contribution in [2.24, 2.45) is 23.7 Å². The average Bonchev–Trinajstić information content (AvgIpc) is 3.13. The number of hydrogen-bond donors (Lipinski definition) is 1. The number of fused-ring (bicyclic) bond motifs is 5. The van der Waals surface area contributed by atoms with Crippen LogP contribution in [0.1, 0.15) is 96.8 Å². The molecule has 0 aliphatic heterocycles. The predicted octanol–water partition coefficient (Wildman–Crippen LogP) is 5.70. The van der Waals surface area contributed by atoms with Crippen molar-refractivity contribution in [3.05, 3.63) is 0 Å². The molecule has 3 fully saturated rings. The number of hydrogen-bond acceptors (Lipinski definition) is 1. The smallest absolute Gasteiger partial charge is 0.0681 e. The number of rotatable bonds is 9. The van der Waals surface area contributed by atoms with Crippen molar-refractivity contribution in [2.45, 2.75) is 102 Å². The van der Waals surface area contributed by atoms with Crippen LogP contribution in [-0.4, -0.2) is 10.7 Å². The lowest BCUT2D eigenvalue weighted by molar-refractivity contribution is -0.0535. The van der Waals surface area contributed by atoms with Crippen molar-refractivity contribution in [1.82, 2.24) is 0 Å². The molecule has 0 aromatic rings. The van der Waals surface area contributed by atoms with Crippen LogP contribution in [0.2, 0.25) is 0 Å². The van der Waals surface area contributed by atoms with E-state index in [0.717, 1.165) is 30.6 Å². The van der Waals surface area contributed by atoms with Crippen molar-refractivity contribution in [3.63, 3.8) is 0 Å². The van der Waals surface area contributed by atoms with Crippen molar-refractivity contribution < 1.29 is 5.11 Å². The van der Waals surface area contributed by atoms with E-state index < -0.39 is 0 Å². The Morgan fingerprint density at radius 3 is 2.33 bits per heavy atom. The fraction of sp³-hybridized carbons (Fsp3) is 1.00. The van der Waals surface area contributed by atoms with E-state index in [2.05, 4.69) is 6.92 Å². The Kier molecular flexibility index (Phi) is 5.30. The van der Waals surface area contributed by atoms with Crippen molar-refractivity contribution >= 4 is 0 Å². The van der Waals surface area contributed by atoms with Crippen LogP contribution >= 0.6 is 0 Å². The number of aliphatic hydroxyl groups is 1. The quantitative estimate of drug-likeness (QED) is 0.540. The molecule has 2 bridgehead atoms. The van der Waals surface area contributed by atoms with Gasteiger partial charge in [-0.05, 0) is 55.8 Å². The highest BCUT2D eigenvalue weighted by Gasteiger charge is 2.59. The standard InChI is InChI=1S/C20H36O/c1-2-3-4-5-6-7-8-9-13-20(21)15-16-14-19(20)18-12-10-11-17(16)18/h16-19,21H,2-15H2,1H3. The van der Waals surface area contributed by atoms with E-state index in [1.807, 2.05) is 0 Å². The summed E-state index contributed by atoms with van der Waals surface area (Å²) < 4.78 is 0. The molecule has 1 nitrogen and oxygen atoms in total. The highest BCUT2D eigenvalue weighted by molar-refractivity contribution is 5.09. The SMILES string of the molecule is CCCCCCCCCCC1(O)CC2CC1C1CCCC21. The molecule has 122 valence electrons. The zero-order valence-corrected chi connectivity index (χ0v) is 14.2. The van der Waals surface area contributed by atoms with Crippen LogP contribution in [0, 0.1) is 23.7 Å². The normalized spacial score (nSPS) is 40.9. The summed E-state index contributed by atoms with van der Waals surface area (Å²) >= 11 is 0. The summed E-state index contributed by atoms with van der Waals surface area (Å²) in [5.74, 6) is 3.48. The average molecular weight is 293 g/mol. The maximum atomic E-state index is 11.1. The topological polar surface area (TPSA) is 20.2 Å². The zero-order chi connectivity index (χ0) is 14.7. The molecule has 0 amide bonds. The molecule has 5 atom stereocenters. The first-order chi connectivity index (χ1) is 10.2. The van der Waals surface area contributed by atoms with Crippen LogP contribution in [0.15, 0.2) is 0 Å². The third kappa shape index (κ3) is 3.33. The van der Waals surface area contributed by atoms with Gasteiger partial charge in [0, 0.05) is 0 Å². The van der Waals surface area contributed by atoms with Crippen LogP contribution in [0.25, 0.3) is 0 Å². The summed E-state index contributed by atoms with van der Waals surface area (Å²) in [5.41, 5.74) is -0.252. The first-order valence-electron chi connectivity index (χ1n) is 9.97. The molecule has 1 N–H and O–H groups in total. The molecule has 0 aromatic carbocycles. The Balaban J connectivity index is 1.33. The second-order valence-electron chi connectivity index (χ2n) is 8.39. The fourth-order valence-electron chi connectivity index (χ4n) is 6.09. The van der Waals surface area contributed by atoms with E-state index in [1.54, 1.807) is 0 Å². The maximum absolute atomic E-state index is 11.1. The Morgan fingerprint density at radius 2 is 1.57 bits per heavy atom. The zero-order valence-electron chi connectivity index (χ0n) is 14.2. The minimum atomic E-state index is -0.252. The molecule has 3 aliphatic rings. The second-order valence-corrected chi connectivity index (χ2v) is 8.39. The first kappa shape index (κ1) is 15.8. The molecule has 0 saturated heterocycles. The van der Waals surface area contributed by atoms with Crippen LogP contribution in [-0.2, 0) is 0 Å². The Hall–Kier alpha value is -0.0400. The molecule has 0 heterocycles. The Labute approximate surface area is 131 Å². The van der Waals surface area contributed by atoms with E-state index in [1.165, 1.54) is 77.0 Å². The molecule has 0 spiro atoms. The largest absolute Gasteiger partial charge is 0.390 e. The Morgan fingerprint density at radius 1 is 0.905 bits per heavy atom. The van der Waals surface area contributed by atoms with Crippen LogP contribution in [0.3, 0.4) is 0 Å². The van der Waals surface area contributed by atoms with Gasteiger partial charge in [0.1, 0.15) is 0 Å². The lowest BCUT2D eigenvalue weighted by atomic mass is 9.71. The fourth-order valence-corrected chi connectivity index (χ4v) is 6.09. The lowest BCUT2D eigenvalue weighted by Crippen LogP contribution is -2.41. The van der Waals surface area contributed by atoms with Crippen LogP contribution in [0.4, 0.5) is 0 Å². The third-order valence-electron chi connectivity index (χ3n) is 7.07. The molecular weight excluding hydrogens is 256 g/mol. The van der Waals surface area contributed by atoms with Gasteiger partial charge < -0.3 is 5.11 Å². The minimum Gasteiger partial charge on any atom is -0.390 e. The van der Waals surface area contributed by atoms with E-state index >= 15 is 0 Å². The lowest BCUT2D eigenvalue weighted by Gasteiger charge is -2.39. The van der Waals surface area contributed by atoms with Gasteiger partial charge in [-0.3, -0.25) is 0 Å². The molecule has 1 heteroatoms. The highest BCUT2D eigenvalue weighted by atomic mass is 16.3. The van der Waals surface area contributed by atoms with Gasteiger partial charge >= 0.3 is 0 Å². The van der Waals surface area contributed by atoms with Crippen LogP contribution < -0.4 is 0 Å². The van der Waals surface area contributed by atoms with Crippen molar-refractivity contribution in [3.8, 4) is 0 Å². The van der Waals surface area contributed by atoms with Crippen molar-refractivity contribution in [1.29, 1.82) is 0 Å². The molecule has 5 unspecified atom stereocenters. The monoisotopic (exact) mass is 292 g/mol. The van der Waals surface area contributed by atoms with E-state index in [0.29, 0.717) is 5.92 Å². The molecule has 3 saturated carbocycles. The van der Waals surface area contributed by atoms with Gasteiger partial charge in [-0.1, -0.05) is 64.7 Å².